The zero-order valence-corrected chi connectivity index (χ0v) is 8.73. The van der Waals surface area contributed by atoms with Crippen LogP contribution in [0, 0.1) is 18.3 Å². The molecule has 0 aliphatic carbocycles. The lowest BCUT2D eigenvalue weighted by molar-refractivity contribution is -0.112. The Kier molecular flexibility index (Phi) is 2.57. The van der Waals surface area contributed by atoms with Crippen LogP contribution in [0.3, 0.4) is 0 Å². The molecule has 0 amide bonds. The van der Waals surface area contributed by atoms with Crippen LogP contribution in [0.1, 0.15) is 11.1 Å². The summed E-state index contributed by atoms with van der Waals surface area (Å²) in [5.41, 5.74) is 1.97. The van der Waals surface area contributed by atoms with Crippen molar-refractivity contribution in [2.24, 2.45) is 0 Å². The van der Waals surface area contributed by atoms with Gasteiger partial charge in [0.2, 0.25) is 5.78 Å². The number of benzene rings is 1. The van der Waals surface area contributed by atoms with Crippen molar-refractivity contribution in [3.8, 4) is 6.07 Å². The van der Waals surface area contributed by atoms with Gasteiger partial charge in [0.25, 0.3) is 0 Å². The normalized spacial score (nSPS) is 16.9. The monoisotopic (exact) mass is 211 g/mol. The van der Waals surface area contributed by atoms with E-state index in [0.717, 1.165) is 17.2 Å². The molecular formula is C13H9NO2. The average molecular weight is 211 g/mol. The van der Waals surface area contributed by atoms with Gasteiger partial charge < -0.3 is 4.74 Å². The maximum Gasteiger partial charge on any atom is 0.225 e. The molecule has 0 bridgehead atoms. The number of carbonyl (C=O) groups excluding carboxylic acids is 1. The summed E-state index contributed by atoms with van der Waals surface area (Å²) < 4.78 is 5.29. The number of nitriles is 1. The highest BCUT2D eigenvalue weighted by Crippen LogP contribution is 2.26. The molecule has 3 nitrogen and oxygen atoms in total. The average Bonchev–Trinajstić information content (AvgIpc) is 2.62. The molecule has 1 aromatic carbocycles. The molecule has 0 saturated heterocycles. The molecule has 0 fully saturated rings. The molecule has 3 heteroatoms. The van der Waals surface area contributed by atoms with Crippen molar-refractivity contribution in [3.63, 3.8) is 0 Å². The molecule has 0 spiro atoms. The van der Waals surface area contributed by atoms with Crippen LogP contribution in [0.15, 0.2) is 42.2 Å². The molecule has 0 aromatic heterocycles. The van der Waals surface area contributed by atoms with Gasteiger partial charge in [0.05, 0.1) is 12.1 Å². The molecule has 0 radical (unpaired) electrons. The summed E-state index contributed by atoms with van der Waals surface area (Å²) in [6.45, 7) is 1.99. The van der Waals surface area contributed by atoms with E-state index in [1.807, 2.05) is 31.2 Å². The van der Waals surface area contributed by atoms with Crippen LogP contribution in [0.4, 0.5) is 0 Å². The lowest BCUT2D eigenvalue weighted by Gasteiger charge is -2.03. The van der Waals surface area contributed by atoms with Crippen LogP contribution in [0.5, 0.6) is 0 Å². The number of allylic oxidation sites excluding steroid dienone is 2. The van der Waals surface area contributed by atoms with Crippen molar-refractivity contribution in [1.29, 1.82) is 5.26 Å². The third-order valence-electron chi connectivity index (χ3n) is 2.26. The Morgan fingerprint density at radius 3 is 2.62 bits per heavy atom. The van der Waals surface area contributed by atoms with Crippen LogP contribution < -0.4 is 0 Å². The van der Waals surface area contributed by atoms with Crippen LogP contribution in [-0.4, -0.2) is 5.78 Å². The molecule has 78 valence electrons. The SMILES string of the molecule is Cc1ccc(C2=CC(=O)/C(=C\C#N)O2)cc1. The number of aryl methyl sites for hydroxylation is 1. The summed E-state index contributed by atoms with van der Waals surface area (Å²) >= 11 is 0. The van der Waals surface area contributed by atoms with Crippen molar-refractivity contribution in [1.82, 2.24) is 0 Å². The largest absolute Gasteiger partial charge is 0.452 e. The quantitative estimate of drug-likeness (QED) is 0.529. The van der Waals surface area contributed by atoms with Gasteiger partial charge >= 0.3 is 0 Å². The summed E-state index contributed by atoms with van der Waals surface area (Å²) in [7, 11) is 0. The van der Waals surface area contributed by atoms with E-state index < -0.39 is 0 Å². The van der Waals surface area contributed by atoms with Gasteiger partial charge in [-0.3, -0.25) is 4.79 Å². The van der Waals surface area contributed by atoms with E-state index in [4.69, 9.17) is 10.00 Å². The van der Waals surface area contributed by atoms with Crippen molar-refractivity contribution in [2.45, 2.75) is 6.92 Å². The van der Waals surface area contributed by atoms with Gasteiger partial charge in [-0.1, -0.05) is 29.8 Å². The van der Waals surface area contributed by atoms with E-state index >= 15 is 0 Å². The second-order valence-electron chi connectivity index (χ2n) is 3.48. The molecule has 0 atom stereocenters. The van der Waals surface area contributed by atoms with Gasteiger partial charge in [0, 0.05) is 11.6 Å². The predicted octanol–water partition coefficient (Wildman–Crippen LogP) is 2.34. The minimum atomic E-state index is -0.267. The molecular weight excluding hydrogens is 202 g/mol. The minimum Gasteiger partial charge on any atom is -0.452 e. The Bertz CT molecular complexity index is 530. The smallest absolute Gasteiger partial charge is 0.225 e. The van der Waals surface area contributed by atoms with Crippen molar-refractivity contribution < 1.29 is 9.53 Å². The van der Waals surface area contributed by atoms with E-state index in [2.05, 4.69) is 0 Å². The van der Waals surface area contributed by atoms with E-state index in [9.17, 15) is 4.79 Å². The standard InChI is InChI=1S/C13H9NO2/c1-9-2-4-10(5-3-9)13-8-11(15)12(16-13)6-7-14/h2-6,8H,1H3/b12-6+. The number of hydrogen-bond donors (Lipinski definition) is 0. The van der Waals surface area contributed by atoms with Gasteiger partial charge in [-0.2, -0.15) is 5.26 Å². The summed E-state index contributed by atoms with van der Waals surface area (Å²) in [6.07, 6.45) is 2.51. The van der Waals surface area contributed by atoms with Crippen LogP contribution in [0.25, 0.3) is 5.76 Å². The predicted molar refractivity (Wildman–Crippen MR) is 58.9 cm³/mol. The topological polar surface area (TPSA) is 50.1 Å². The van der Waals surface area contributed by atoms with Crippen molar-refractivity contribution in [3.05, 3.63) is 53.3 Å². The summed E-state index contributed by atoms with van der Waals surface area (Å²) in [6, 6.07) is 9.42. The van der Waals surface area contributed by atoms with E-state index in [-0.39, 0.29) is 11.5 Å². The van der Waals surface area contributed by atoms with E-state index in [1.54, 1.807) is 6.07 Å². The maximum absolute atomic E-state index is 11.4. The number of nitrogens with zero attached hydrogens (tertiary/aromatic N) is 1. The highest BCUT2D eigenvalue weighted by atomic mass is 16.5. The Balaban J connectivity index is 2.30. The lowest BCUT2D eigenvalue weighted by atomic mass is 10.1. The summed E-state index contributed by atoms with van der Waals surface area (Å²) in [5, 5.41) is 8.46. The molecule has 1 heterocycles. The molecule has 0 saturated carbocycles. The first-order valence-corrected chi connectivity index (χ1v) is 4.81. The molecule has 2 rings (SSSR count). The zero-order valence-electron chi connectivity index (χ0n) is 8.73. The van der Waals surface area contributed by atoms with Crippen LogP contribution >= 0.6 is 0 Å². The van der Waals surface area contributed by atoms with Crippen molar-refractivity contribution in [2.75, 3.05) is 0 Å². The summed E-state index contributed by atoms with van der Waals surface area (Å²) in [5.74, 6) is 0.307. The first kappa shape index (κ1) is 10.2. The first-order chi connectivity index (χ1) is 7.70. The van der Waals surface area contributed by atoms with Gasteiger partial charge in [0.1, 0.15) is 5.76 Å². The van der Waals surface area contributed by atoms with Gasteiger partial charge in [0.15, 0.2) is 5.76 Å². The lowest BCUT2D eigenvalue weighted by Crippen LogP contribution is -1.92. The van der Waals surface area contributed by atoms with E-state index in [1.165, 1.54) is 6.08 Å². The number of rotatable bonds is 1. The fourth-order valence-corrected chi connectivity index (χ4v) is 1.41. The molecule has 16 heavy (non-hydrogen) atoms. The third kappa shape index (κ3) is 1.86. The Labute approximate surface area is 93.3 Å². The zero-order chi connectivity index (χ0) is 11.5. The minimum absolute atomic E-state index is 0.0816. The molecule has 0 N–H and O–H groups in total. The second-order valence-corrected chi connectivity index (χ2v) is 3.48. The maximum atomic E-state index is 11.4. The summed E-state index contributed by atoms with van der Waals surface area (Å²) in [4.78, 5) is 11.4. The van der Waals surface area contributed by atoms with Gasteiger partial charge in [-0.15, -0.1) is 0 Å². The Morgan fingerprint density at radius 1 is 1.31 bits per heavy atom. The van der Waals surface area contributed by atoms with E-state index in [0.29, 0.717) is 5.76 Å². The molecule has 1 aliphatic rings. The third-order valence-corrected chi connectivity index (χ3v) is 2.26. The Morgan fingerprint density at radius 2 is 2.00 bits per heavy atom. The highest BCUT2D eigenvalue weighted by molar-refractivity contribution is 6.10. The molecule has 1 aliphatic heterocycles. The van der Waals surface area contributed by atoms with Crippen LogP contribution in [0.2, 0.25) is 0 Å². The number of ketones is 1. The second kappa shape index (κ2) is 4.03. The number of carbonyl (C=O) groups is 1. The van der Waals surface area contributed by atoms with Gasteiger partial charge in [-0.05, 0) is 6.92 Å². The fraction of sp³-hybridized carbons (Fsp3) is 0.0769. The molecule has 0 unspecified atom stereocenters. The first-order valence-electron chi connectivity index (χ1n) is 4.81. The number of hydrogen-bond acceptors (Lipinski definition) is 3. The van der Waals surface area contributed by atoms with Gasteiger partial charge in [-0.25, -0.2) is 0 Å². The number of ether oxygens (including phenoxy) is 1. The van der Waals surface area contributed by atoms with Crippen LogP contribution in [-0.2, 0) is 9.53 Å². The fourth-order valence-electron chi connectivity index (χ4n) is 1.41. The highest BCUT2D eigenvalue weighted by Gasteiger charge is 2.21. The van der Waals surface area contributed by atoms with Crippen molar-refractivity contribution >= 4 is 11.5 Å². The Hall–Kier alpha value is -2.34. The molecule has 1 aromatic rings.